The molecule has 0 spiro atoms. The van der Waals surface area contributed by atoms with Crippen LogP contribution in [0.4, 0.5) is 0 Å². The Morgan fingerprint density at radius 2 is 1.47 bits per heavy atom. The molecule has 0 bridgehead atoms. The summed E-state index contributed by atoms with van der Waals surface area (Å²) < 4.78 is 2.48. The van der Waals surface area contributed by atoms with E-state index in [0.29, 0.717) is 6.04 Å². The lowest BCUT2D eigenvalue weighted by molar-refractivity contribution is -0.534. The van der Waals surface area contributed by atoms with Gasteiger partial charge in [0.1, 0.15) is 25.0 Å². The average Bonchev–Trinajstić information content (AvgIpc) is 3.49. The van der Waals surface area contributed by atoms with Gasteiger partial charge in [-0.3, -0.25) is 14.3 Å². The van der Waals surface area contributed by atoms with E-state index >= 15 is 0 Å². The molecule has 0 radical (unpaired) electrons. The summed E-state index contributed by atoms with van der Waals surface area (Å²) in [5.41, 5.74) is 8.83. The minimum Gasteiger partial charge on any atom is -0.369 e. The molecule has 3 aromatic rings. The van der Waals surface area contributed by atoms with Gasteiger partial charge in [0.05, 0.1) is 6.04 Å². The van der Waals surface area contributed by atoms with Gasteiger partial charge in [-0.15, -0.1) is 0 Å². The standard InChI is InChI=1S/C30H33N3O/c1-23-32(22-24-11-5-2-6-12-24)19-20-33(23)28-18-17-27(21-28)30(29(31)34,25-13-7-3-8-14-25)26-15-9-4-10-16-26/h2-16,27-28H,17-22H2,1H3,(H-,31,34)/p+1. The first-order valence-electron chi connectivity index (χ1n) is 12.4. The number of nitrogens with two attached hydrogens (primary N) is 1. The molecule has 1 aliphatic heterocycles. The summed E-state index contributed by atoms with van der Waals surface area (Å²) in [5.74, 6) is 1.26. The van der Waals surface area contributed by atoms with Gasteiger partial charge in [-0.25, -0.2) is 0 Å². The van der Waals surface area contributed by atoms with Gasteiger partial charge >= 0.3 is 0 Å². The highest BCUT2D eigenvalue weighted by Gasteiger charge is 2.52. The van der Waals surface area contributed by atoms with Crippen LogP contribution >= 0.6 is 0 Å². The van der Waals surface area contributed by atoms with Crippen molar-refractivity contribution in [3.63, 3.8) is 0 Å². The Kier molecular flexibility index (Phi) is 6.23. The second-order valence-corrected chi connectivity index (χ2v) is 9.72. The molecule has 0 saturated heterocycles. The van der Waals surface area contributed by atoms with E-state index in [-0.39, 0.29) is 11.8 Å². The van der Waals surface area contributed by atoms with E-state index in [1.165, 1.54) is 11.4 Å². The fourth-order valence-electron chi connectivity index (χ4n) is 6.34. The Balaban J connectivity index is 1.44. The van der Waals surface area contributed by atoms with Crippen LogP contribution in [0.2, 0.25) is 0 Å². The number of rotatable bonds is 7. The van der Waals surface area contributed by atoms with Crippen LogP contribution in [-0.2, 0) is 16.8 Å². The van der Waals surface area contributed by atoms with Crippen LogP contribution in [0, 0.1) is 5.92 Å². The number of nitrogens with zero attached hydrogens (tertiary/aromatic N) is 2. The number of hydrogen-bond donors (Lipinski definition) is 1. The normalized spacial score (nSPS) is 20.7. The van der Waals surface area contributed by atoms with Crippen LogP contribution in [0.15, 0.2) is 91.0 Å². The summed E-state index contributed by atoms with van der Waals surface area (Å²) in [6.45, 7) is 5.27. The molecular formula is C30H34N3O+. The van der Waals surface area contributed by atoms with Gasteiger partial charge in [-0.2, -0.15) is 0 Å². The Labute approximate surface area is 202 Å². The van der Waals surface area contributed by atoms with E-state index in [9.17, 15) is 4.79 Å². The minimum absolute atomic E-state index is 0.163. The molecule has 1 saturated carbocycles. The van der Waals surface area contributed by atoms with Crippen molar-refractivity contribution in [1.29, 1.82) is 0 Å². The third-order valence-corrected chi connectivity index (χ3v) is 8.01. The summed E-state index contributed by atoms with van der Waals surface area (Å²) in [5, 5.41) is 0. The third kappa shape index (κ3) is 3.91. The fourth-order valence-corrected chi connectivity index (χ4v) is 6.34. The Hall–Kier alpha value is -3.40. The monoisotopic (exact) mass is 452 g/mol. The van der Waals surface area contributed by atoms with Gasteiger partial charge < -0.3 is 5.73 Å². The fraction of sp³-hybridized carbons (Fsp3) is 0.333. The van der Waals surface area contributed by atoms with Gasteiger partial charge in [-0.1, -0.05) is 91.0 Å². The van der Waals surface area contributed by atoms with Crippen molar-refractivity contribution < 1.29 is 9.37 Å². The lowest BCUT2D eigenvalue weighted by atomic mass is 9.64. The predicted molar refractivity (Wildman–Crippen MR) is 137 cm³/mol. The second kappa shape index (κ2) is 9.46. The molecule has 174 valence electrons. The van der Waals surface area contributed by atoms with E-state index in [0.717, 1.165) is 50.0 Å². The highest BCUT2D eigenvalue weighted by atomic mass is 16.1. The smallest absolute Gasteiger partial charge is 0.244 e. The topological polar surface area (TPSA) is 49.3 Å². The molecule has 4 heteroatoms. The molecular weight excluding hydrogens is 418 g/mol. The van der Waals surface area contributed by atoms with Crippen molar-refractivity contribution >= 4 is 11.7 Å². The summed E-state index contributed by atoms with van der Waals surface area (Å²) in [6, 6.07) is 31.5. The number of amides is 1. The molecule has 2 unspecified atom stereocenters. The SMILES string of the molecule is CC1=[N+](Cc2ccccc2)CCN1C1CCC(C(C(N)=O)(c2ccccc2)c2ccccc2)C1. The Morgan fingerprint density at radius 3 is 2.03 bits per heavy atom. The zero-order valence-electron chi connectivity index (χ0n) is 19.9. The second-order valence-electron chi connectivity index (χ2n) is 9.72. The largest absolute Gasteiger partial charge is 0.369 e. The van der Waals surface area contributed by atoms with Crippen molar-refractivity contribution in [2.24, 2.45) is 11.7 Å². The third-order valence-electron chi connectivity index (χ3n) is 8.01. The molecule has 2 N–H and O–H groups in total. The van der Waals surface area contributed by atoms with E-state index in [1.54, 1.807) is 0 Å². The van der Waals surface area contributed by atoms with Crippen molar-refractivity contribution in [1.82, 2.24) is 4.90 Å². The van der Waals surface area contributed by atoms with Crippen LogP contribution in [0.3, 0.4) is 0 Å². The summed E-state index contributed by atoms with van der Waals surface area (Å²) >= 11 is 0. The lowest BCUT2D eigenvalue weighted by Gasteiger charge is -2.37. The molecule has 2 aliphatic rings. The summed E-state index contributed by atoms with van der Waals surface area (Å²) in [7, 11) is 0. The van der Waals surface area contributed by atoms with Gasteiger partial charge in [0, 0.05) is 6.92 Å². The molecule has 1 heterocycles. The van der Waals surface area contributed by atoms with E-state index in [4.69, 9.17) is 5.73 Å². The van der Waals surface area contributed by atoms with E-state index in [1.807, 2.05) is 36.4 Å². The van der Waals surface area contributed by atoms with Crippen LogP contribution in [-0.4, -0.2) is 40.3 Å². The van der Waals surface area contributed by atoms with Crippen molar-refractivity contribution in [3.8, 4) is 0 Å². The zero-order chi connectivity index (χ0) is 23.5. The number of benzene rings is 3. The zero-order valence-corrected chi connectivity index (χ0v) is 19.9. The van der Waals surface area contributed by atoms with Crippen molar-refractivity contribution in [2.75, 3.05) is 13.1 Å². The molecule has 34 heavy (non-hydrogen) atoms. The quantitative estimate of drug-likeness (QED) is 0.534. The van der Waals surface area contributed by atoms with Crippen LogP contribution in [0.25, 0.3) is 0 Å². The van der Waals surface area contributed by atoms with Gasteiger partial charge in [0.15, 0.2) is 0 Å². The van der Waals surface area contributed by atoms with Gasteiger partial charge in [0.25, 0.3) is 0 Å². The molecule has 1 aliphatic carbocycles. The maximum atomic E-state index is 13.4. The molecule has 1 amide bonds. The van der Waals surface area contributed by atoms with Crippen molar-refractivity contribution in [2.45, 2.75) is 44.2 Å². The van der Waals surface area contributed by atoms with Gasteiger partial charge in [0.2, 0.25) is 11.7 Å². The van der Waals surface area contributed by atoms with E-state index < -0.39 is 5.41 Å². The maximum Gasteiger partial charge on any atom is 0.244 e. The van der Waals surface area contributed by atoms with Crippen LogP contribution < -0.4 is 5.73 Å². The predicted octanol–water partition coefficient (Wildman–Crippen LogP) is 4.57. The number of hydrogen-bond acceptors (Lipinski definition) is 2. The summed E-state index contributed by atoms with van der Waals surface area (Å²) in [6.07, 6.45) is 3.03. The molecule has 2 atom stereocenters. The Morgan fingerprint density at radius 1 is 0.912 bits per heavy atom. The molecule has 1 fully saturated rings. The molecule has 0 aromatic heterocycles. The first-order valence-corrected chi connectivity index (χ1v) is 12.4. The number of carbonyl (C=O) groups is 1. The minimum atomic E-state index is -0.811. The van der Waals surface area contributed by atoms with E-state index in [2.05, 4.69) is 71.0 Å². The van der Waals surface area contributed by atoms with Crippen LogP contribution in [0.5, 0.6) is 0 Å². The first-order chi connectivity index (χ1) is 16.6. The van der Waals surface area contributed by atoms with Gasteiger partial charge in [-0.05, 0) is 41.9 Å². The molecule has 4 nitrogen and oxygen atoms in total. The Bertz CT molecular complexity index is 1120. The average molecular weight is 453 g/mol. The number of amidine groups is 1. The molecule has 3 aromatic carbocycles. The van der Waals surface area contributed by atoms with Crippen molar-refractivity contribution in [3.05, 3.63) is 108 Å². The molecule has 5 rings (SSSR count). The first kappa shape index (κ1) is 22.4. The highest BCUT2D eigenvalue weighted by Crippen LogP contribution is 2.48. The number of carbonyl (C=O) groups excluding carboxylic acids is 1. The number of primary amides is 1. The maximum absolute atomic E-state index is 13.4. The van der Waals surface area contributed by atoms with Crippen LogP contribution in [0.1, 0.15) is 42.9 Å². The summed E-state index contributed by atoms with van der Waals surface area (Å²) in [4.78, 5) is 15.9. The lowest BCUT2D eigenvalue weighted by Crippen LogP contribution is -2.48. The highest BCUT2D eigenvalue weighted by molar-refractivity contribution is 5.91.